The Balaban J connectivity index is 1.42. The first kappa shape index (κ1) is 16.3. The van der Waals surface area contributed by atoms with Crippen LogP contribution in [0.4, 0.5) is 0 Å². The summed E-state index contributed by atoms with van der Waals surface area (Å²) < 4.78 is 7.88. The zero-order valence-electron chi connectivity index (χ0n) is 14.4. The molecule has 0 aliphatic carbocycles. The van der Waals surface area contributed by atoms with E-state index < -0.39 is 0 Å². The zero-order valence-corrected chi connectivity index (χ0v) is 14.4. The molecule has 0 spiro atoms. The van der Waals surface area contributed by atoms with Gasteiger partial charge in [-0.05, 0) is 55.3 Å². The Kier molecular flexibility index (Phi) is 4.64. The van der Waals surface area contributed by atoms with Crippen molar-refractivity contribution >= 4 is 5.91 Å². The molecule has 0 saturated carbocycles. The third kappa shape index (κ3) is 3.59. The Morgan fingerprint density at radius 2 is 1.88 bits per heavy atom. The van der Waals surface area contributed by atoms with Gasteiger partial charge in [0.1, 0.15) is 6.10 Å². The summed E-state index contributed by atoms with van der Waals surface area (Å²) in [5.74, 6) is 0.541. The Hall–Kier alpha value is -3.15. The van der Waals surface area contributed by atoms with Gasteiger partial charge in [-0.3, -0.25) is 4.79 Å². The molecule has 1 saturated heterocycles. The molecular formula is C20H20N4O2. The third-order valence-electron chi connectivity index (χ3n) is 4.52. The summed E-state index contributed by atoms with van der Waals surface area (Å²) in [7, 11) is 0. The lowest BCUT2D eigenvalue weighted by Crippen LogP contribution is -2.44. The van der Waals surface area contributed by atoms with Crippen molar-refractivity contribution in [2.75, 3.05) is 13.1 Å². The smallest absolute Gasteiger partial charge is 0.253 e. The van der Waals surface area contributed by atoms with Crippen molar-refractivity contribution < 1.29 is 9.53 Å². The Bertz CT molecular complexity index is 847. The third-order valence-corrected chi connectivity index (χ3v) is 4.52. The normalized spacial score (nSPS) is 17.1. The molecule has 0 bridgehead atoms. The quantitative estimate of drug-likeness (QED) is 0.727. The molecule has 4 rings (SSSR count). The van der Waals surface area contributed by atoms with Crippen molar-refractivity contribution in [2.24, 2.45) is 0 Å². The van der Waals surface area contributed by atoms with Gasteiger partial charge in [0.05, 0.1) is 6.54 Å². The lowest BCUT2D eigenvalue weighted by atomic mass is 10.1. The molecule has 132 valence electrons. The lowest BCUT2D eigenvalue weighted by molar-refractivity contribution is 0.0525. The van der Waals surface area contributed by atoms with E-state index in [1.54, 1.807) is 18.3 Å². The highest BCUT2D eigenvalue weighted by Crippen LogP contribution is 2.19. The average Bonchev–Trinajstić information content (AvgIpc) is 3.23. The first-order chi connectivity index (χ1) is 12.8. The monoisotopic (exact) mass is 348 g/mol. The van der Waals surface area contributed by atoms with Crippen LogP contribution < -0.4 is 4.74 Å². The van der Waals surface area contributed by atoms with E-state index in [1.807, 2.05) is 58.3 Å². The first-order valence-corrected chi connectivity index (χ1v) is 8.77. The fourth-order valence-corrected chi connectivity index (χ4v) is 3.21. The summed E-state index contributed by atoms with van der Waals surface area (Å²) in [6.45, 7) is 1.31. The van der Waals surface area contributed by atoms with Crippen LogP contribution in [0.3, 0.4) is 0 Å². The van der Waals surface area contributed by atoms with Gasteiger partial charge in [-0.15, -0.1) is 5.10 Å². The van der Waals surface area contributed by atoms with Crippen LogP contribution in [0.1, 0.15) is 23.2 Å². The van der Waals surface area contributed by atoms with Crippen LogP contribution in [-0.4, -0.2) is 44.8 Å². The van der Waals surface area contributed by atoms with E-state index >= 15 is 0 Å². The minimum atomic E-state index is -0.0523. The molecule has 1 amide bonds. The van der Waals surface area contributed by atoms with Crippen molar-refractivity contribution in [1.82, 2.24) is 19.7 Å². The van der Waals surface area contributed by atoms with Gasteiger partial charge in [-0.25, -0.2) is 0 Å². The summed E-state index contributed by atoms with van der Waals surface area (Å²) in [5.41, 5.74) is 1.73. The molecule has 3 heterocycles. The number of piperidine rings is 1. The van der Waals surface area contributed by atoms with Gasteiger partial charge in [0, 0.05) is 42.5 Å². The van der Waals surface area contributed by atoms with Gasteiger partial charge in [0.2, 0.25) is 5.88 Å². The number of amides is 1. The topological polar surface area (TPSA) is 60.2 Å². The SMILES string of the molecule is O=C(c1ccc(-n2cccc2)cc1)N1CCCC(Oc2cccnn2)C1. The Morgan fingerprint density at radius 3 is 2.62 bits per heavy atom. The van der Waals surface area contributed by atoms with Crippen LogP contribution >= 0.6 is 0 Å². The molecule has 1 aromatic carbocycles. The van der Waals surface area contributed by atoms with E-state index in [-0.39, 0.29) is 12.0 Å². The summed E-state index contributed by atoms with van der Waals surface area (Å²) in [6.07, 6.45) is 7.35. The van der Waals surface area contributed by atoms with Gasteiger partial charge in [0.15, 0.2) is 0 Å². The van der Waals surface area contributed by atoms with Crippen molar-refractivity contribution in [2.45, 2.75) is 18.9 Å². The highest BCUT2D eigenvalue weighted by molar-refractivity contribution is 5.94. The highest BCUT2D eigenvalue weighted by Gasteiger charge is 2.26. The van der Waals surface area contributed by atoms with Crippen LogP contribution in [-0.2, 0) is 0 Å². The first-order valence-electron chi connectivity index (χ1n) is 8.77. The second kappa shape index (κ2) is 7.39. The Labute approximate surface area is 152 Å². The molecule has 1 unspecified atom stereocenters. The van der Waals surface area contributed by atoms with Gasteiger partial charge >= 0.3 is 0 Å². The largest absolute Gasteiger partial charge is 0.471 e. The second-order valence-electron chi connectivity index (χ2n) is 6.33. The van der Waals surface area contributed by atoms with Gasteiger partial charge < -0.3 is 14.2 Å². The maximum absolute atomic E-state index is 12.8. The number of likely N-dealkylation sites (tertiary alicyclic amines) is 1. The van der Waals surface area contributed by atoms with E-state index in [0.29, 0.717) is 18.0 Å². The predicted octanol–water partition coefficient (Wildman–Crippen LogP) is 2.95. The number of carbonyl (C=O) groups excluding carboxylic acids is 1. The predicted molar refractivity (Wildman–Crippen MR) is 97.4 cm³/mol. The number of hydrogen-bond acceptors (Lipinski definition) is 4. The minimum absolute atomic E-state index is 0.0384. The van der Waals surface area contributed by atoms with E-state index in [9.17, 15) is 4.79 Å². The molecule has 1 aliphatic rings. The summed E-state index contributed by atoms with van der Waals surface area (Å²) in [5, 5.41) is 7.78. The number of rotatable bonds is 4. The van der Waals surface area contributed by atoms with Gasteiger partial charge in [-0.1, -0.05) is 0 Å². The molecule has 6 nitrogen and oxygen atoms in total. The second-order valence-corrected chi connectivity index (χ2v) is 6.33. The van der Waals surface area contributed by atoms with Crippen LogP contribution in [0.2, 0.25) is 0 Å². The molecule has 2 aromatic heterocycles. The number of hydrogen-bond donors (Lipinski definition) is 0. The van der Waals surface area contributed by atoms with Crippen LogP contribution in [0.5, 0.6) is 5.88 Å². The number of aromatic nitrogens is 3. The van der Waals surface area contributed by atoms with Gasteiger partial charge in [-0.2, -0.15) is 5.10 Å². The molecule has 0 radical (unpaired) electrons. The standard InChI is InChI=1S/C20H20N4O2/c25-20(16-7-9-17(10-8-16)23-12-1-2-13-23)24-14-4-5-18(15-24)26-19-6-3-11-21-22-19/h1-3,6-13,18H,4-5,14-15H2. The summed E-state index contributed by atoms with van der Waals surface area (Å²) in [6, 6.07) is 15.2. The average molecular weight is 348 g/mol. The van der Waals surface area contributed by atoms with Crippen LogP contribution in [0.15, 0.2) is 67.1 Å². The van der Waals surface area contributed by atoms with Crippen LogP contribution in [0, 0.1) is 0 Å². The minimum Gasteiger partial charge on any atom is -0.471 e. The fraction of sp³-hybridized carbons (Fsp3) is 0.250. The molecular weight excluding hydrogens is 328 g/mol. The molecule has 1 atom stereocenters. The number of benzene rings is 1. The molecule has 0 N–H and O–H groups in total. The van der Waals surface area contributed by atoms with Crippen molar-refractivity contribution in [3.05, 3.63) is 72.7 Å². The molecule has 1 aliphatic heterocycles. The highest BCUT2D eigenvalue weighted by atomic mass is 16.5. The fourth-order valence-electron chi connectivity index (χ4n) is 3.21. The molecule has 6 heteroatoms. The molecule has 1 fully saturated rings. The maximum Gasteiger partial charge on any atom is 0.253 e. The number of nitrogens with zero attached hydrogens (tertiary/aromatic N) is 4. The van der Waals surface area contributed by atoms with Crippen molar-refractivity contribution in [3.63, 3.8) is 0 Å². The molecule has 26 heavy (non-hydrogen) atoms. The number of ether oxygens (including phenoxy) is 1. The number of carbonyl (C=O) groups is 1. The Morgan fingerprint density at radius 1 is 1.08 bits per heavy atom. The maximum atomic E-state index is 12.8. The summed E-state index contributed by atoms with van der Waals surface area (Å²) in [4.78, 5) is 14.7. The van der Waals surface area contributed by atoms with Crippen molar-refractivity contribution in [1.29, 1.82) is 0 Å². The zero-order chi connectivity index (χ0) is 17.8. The van der Waals surface area contributed by atoms with E-state index in [4.69, 9.17) is 4.74 Å². The molecule has 3 aromatic rings. The lowest BCUT2D eigenvalue weighted by Gasteiger charge is -2.32. The van der Waals surface area contributed by atoms with Gasteiger partial charge in [0.25, 0.3) is 5.91 Å². The van der Waals surface area contributed by atoms with E-state index in [0.717, 1.165) is 25.1 Å². The van der Waals surface area contributed by atoms with E-state index in [2.05, 4.69) is 10.2 Å². The van der Waals surface area contributed by atoms with Crippen LogP contribution in [0.25, 0.3) is 5.69 Å². The summed E-state index contributed by atoms with van der Waals surface area (Å²) >= 11 is 0. The van der Waals surface area contributed by atoms with Crippen molar-refractivity contribution in [3.8, 4) is 11.6 Å². The van der Waals surface area contributed by atoms with E-state index in [1.165, 1.54) is 0 Å².